The predicted molar refractivity (Wildman–Crippen MR) is 70.8 cm³/mol. The number of sulfone groups is 1. The Morgan fingerprint density at radius 2 is 1.95 bits per heavy atom. The van der Waals surface area contributed by atoms with Crippen molar-refractivity contribution >= 4 is 21.4 Å². The minimum absolute atomic E-state index is 0.0787. The summed E-state index contributed by atoms with van der Waals surface area (Å²) in [6, 6.07) is 3.03. The van der Waals surface area contributed by atoms with E-state index in [1.807, 2.05) is 0 Å². The zero-order valence-corrected chi connectivity index (χ0v) is 11.8. The minimum atomic E-state index is -3.96. The average Bonchev–Trinajstić information content (AvgIpc) is 2.17. The van der Waals surface area contributed by atoms with Crippen LogP contribution in [0.5, 0.6) is 0 Å². The van der Waals surface area contributed by atoms with Crippen molar-refractivity contribution in [3.63, 3.8) is 0 Å². The van der Waals surface area contributed by atoms with Gasteiger partial charge < -0.3 is 11.1 Å². The molecule has 0 saturated carbocycles. The highest BCUT2D eigenvalue weighted by Crippen LogP contribution is 2.20. The summed E-state index contributed by atoms with van der Waals surface area (Å²) >= 11 is 0. The SMILES string of the molecule is CC(C)(C)NC(=O)CS(=O)(=O)c1cc(F)ccc1N. The third kappa shape index (κ3) is 4.51. The summed E-state index contributed by atoms with van der Waals surface area (Å²) < 4.78 is 37.1. The molecule has 19 heavy (non-hydrogen) atoms. The maximum absolute atomic E-state index is 13.1. The fourth-order valence-electron chi connectivity index (χ4n) is 1.48. The predicted octanol–water partition coefficient (Wildman–Crippen LogP) is 1.10. The Morgan fingerprint density at radius 1 is 1.37 bits per heavy atom. The maximum atomic E-state index is 13.1. The molecular formula is C12H17FN2O3S. The summed E-state index contributed by atoms with van der Waals surface area (Å²) in [5.41, 5.74) is 4.88. The van der Waals surface area contributed by atoms with Gasteiger partial charge in [-0.05, 0) is 39.0 Å². The van der Waals surface area contributed by atoms with E-state index in [0.29, 0.717) is 0 Å². The van der Waals surface area contributed by atoms with Crippen LogP contribution in [0.2, 0.25) is 0 Å². The van der Waals surface area contributed by atoms with Crippen molar-refractivity contribution in [3.8, 4) is 0 Å². The highest BCUT2D eigenvalue weighted by molar-refractivity contribution is 7.92. The van der Waals surface area contributed by atoms with E-state index in [0.717, 1.165) is 18.2 Å². The van der Waals surface area contributed by atoms with E-state index < -0.39 is 32.9 Å². The molecule has 5 nitrogen and oxygen atoms in total. The third-order valence-corrected chi connectivity index (χ3v) is 3.81. The zero-order valence-electron chi connectivity index (χ0n) is 11.0. The van der Waals surface area contributed by atoms with Crippen molar-refractivity contribution in [2.24, 2.45) is 0 Å². The highest BCUT2D eigenvalue weighted by atomic mass is 32.2. The van der Waals surface area contributed by atoms with Crippen LogP contribution in [-0.2, 0) is 14.6 Å². The van der Waals surface area contributed by atoms with Crippen LogP contribution in [0, 0.1) is 5.82 Å². The second kappa shape index (κ2) is 5.16. The quantitative estimate of drug-likeness (QED) is 0.815. The number of hydrogen-bond acceptors (Lipinski definition) is 4. The first-order chi connectivity index (χ1) is 8.51. The van der Waals surface area contributed by atoms with Gasteiger partial charge in [0.2, 0.25) is 5.91 Å². The Balaban J connectivity index is 2.99. The van der Waals surface area contributed by atoms with E-state index in [4.69, 9.17) is 5.73 Å². The largest absolute Gasteiger partial charge is 0.398 e. The molecule has 0 atom stereocenters. The first kappa shape index (κ1) is 15.4. The molecule has 7 heteroatoms. The summed E-state index contributed by atoms with van der Waals surface area (Å²) in [6.45, 7) is 5.19. The molecule has 0 heterocycles. The van der Waals surface area contributed by atoms with Gasteiger partial charge in [-0.1, -0.05) is 0 Å². The van der Waals surface area contributed by atoms with Crippen molar-refractivity contribution in [2.75, 3.05) is 11.5 Å². The van der Waals surface area contributed by atoms with Crippen LogP contribution in [0.4, 0.5) is 10.1 Å². The molecule has 0 aromatic heterocycles. The molecule has 0 radical (unpaired) electrons. The number of nitrogen functional groups attached to an aromatic ring is 1. The van der Waals surface area contributed by atoms with Crippen molar-refractivity contribution in [1.82, 2.24) is 5.32 Å². The Morgan fingerprint density at radius 3 is 2.47 bits per heavy atom. The van der Waals surface area contributed by atoms with Crippen molar-refractivity contribution < 1.29 is 17.6 Å². The second-order valence-corrected chi connectivity index (χ2v) is 7.20. The van der Waals surface area contributed by atoms with Crippen molar-refractivity contribution in [2.45, 2.75) is 31.2 Å². The van der Waals surface area contributed by atoms with E-state index in [1.54, 1.807) is 20.8 Å². The van der Waals surface area contributed by atoms with Gasteiger partial charge in [0.15, 0.2) is 9.84 Å². The lowest BCUT2D eigenvalue weighted by Crippen LogP contribution is -2.43. The fraction of sp³-hybridized carbons (Fsp3) is 0.417. The molecule has 106 valence electrons. The van der Waals surface area contributed by atoms with Gasteiger partial charge >= 0.3 is 0 Å². The van der Waals surface area contributed by atoms with E-state index in [1.165, 1.54) is 0 Å². The van der Waals surface area contributed by atoms with Gasteiger partial charge in [0, 0.05) is 5.54 Å². The molecule has 3 N–H and O–H groups in total. The standard InChI is InChI=1S/C12H17FN2O3S/c1-12(2,3)15-11(16)7-19(17,18)10-6-8(13)4-5-9(10)14/h4-6H,7,14H2,1-3H3,(H,15,16). The van der Waals surface area contributed by atoms with Gasteiger partial charge in [-0.3, -0.25) is 4.79 Å². The Labute approximate surface area is 111 Å². The van der Waals surface area contributed by atoms with Gasteiger partial charge in [0.25, 0.3) is 0 Å². The molecule has 0 spiro atoms. The normalized spacial score (nSPS) is 12.2. The molecule has 1 rings (SSSR count). The van der Waals surface area contributed by atoms with E-state index in [9.17, 15) is 17.6 Å². The number of rotatable bonds is 3. The summed E-state index contributed by atoms with van der Waals surface area (Å²) in [5, 5.41) is 2.53. The fourth-order valence-corrected chi connectivity index (χ4v) is 2.77. The lowest BCUT2D eigenvalue weighted by molar-refractivity contribution is -0.120. The van der Waals surface area contributed by atoms with Crippen LogP contribution in [0.3, 0.4) is 0 Å². The molecule has 0 aliphatic rings. The smallest absolute Gasteiger partial charge is 0.235 e. The molecule has 1 aromatic rings. The molecule has 0 bridgehead atoms. The molecular weight excluding hydrogens is 271 g/mol. The minimum Gasteiger partial charge on any atom is -0.398 e. The monoisotopic (exact) mass is 288 g/mol. The number of amides is 1. The first-order valence-electron chi connectivity index (χ1n) is 5.60. The maximum Gasteiger partial charge on any atom is 0.235 e. The molecule has 0 aliphatic heterocycles. The Hall–Kier alpha value is -1.63. The first-order valence-corrected chi connectivity index (χ1v) is 7.25. The van der Waals surface area contributed by atoms with Crippen LogP contribution in [0.15, 0.2) is 23.1 Å². The molecule has 0 aliphatic carbocycles. The van der Waals surface area contributed by atoms with Gasteiger partial charge in [-0.2, -0.15) is 0 Å². The van der Waals surface area contributed by atoms with Crippen LogP contribution in [-0.4, -0.2) is 25.6 Å². The molecule has 1 aromatic carbocycles. The number of nitrogens with two attached hydrogens (primary N) is 1. The van der Waals surface area contributed by atoms with Gasteiger partial charge in [0.05, 0.1) is 10.6 Å². The molecule has 1 amide bonds. The zero-order chi connectivity index (χ0) is 14.8. The summed E-state index contributed by atoms with van der Waals surface area (Å²) in [4.78, 5) is 11.3. The van der Waals surface area contributed by atoms with Crippen LogP contribution >= 0.6 is 0 Å². The number of carbonyl (C=O) groups excluding carboxylic acids is 1. The van der Waals surface area contributed by atoms with Crippen LogP contribution < -0.4 is 11.1 Å². The van der Waals surface area contributed by atoms with E-state index >= 15 is 0 Å². The number of halogens is 1. The molecule has 0 saturated heterocycles. The van der Waals surface area contributed by atoms with Gasteiger partial charge in [0.1, 0.15) is 11.6 Å². The third-order valence-electron chi connectivity index (χ3n) is 2.15. The van der Waals surface area contributed by atoms with Gasteiger partial charge in [-0.25, -0.2) is 12.8 Å². The second-order valence-electron chi connectivity index (χ2n) is 5.24. The summed E-state index contributed by atoms with van der Waals surface area (Å²) in [5.74, 6) is -2.14. The number of nitrogens with one attached hydrogen (secondary N) is 1. The Bertz CT molecular complexity index is 591. The summed E-state index contributed by atoms with van der Waals surface area (Å²) in [7, 11) is -3.96. The van der Waals surface area contributed by atoms with Gasteiger partial charge in [-0.15, -0.1) is 0 Å². The lowest BCUT2D eigenvalue weighted by Gasteiger charge is -2.20. The highest BCUT2D eigenvalue weighted by Gasteiger charge is 2.24. The average molecular weight is 288 g/mol. The topological polar surface area (TPSA) is 89.3 Å². The van der Waals surface area contributed by atoms with Crippen LogP contribution in [0.25, 0.3) is 0 Å². The number of anilines is 1. The molecule has 0 fully saturated rings. The van der Waals surface area contributed by atoms with E-state index in [2.05, 4.69) is 5.32 Å². The lowest BCUT2D eigenvalue weighted by atomic mass is 10.1. The number of carbonyl (C=O) groups is 1. The van der Waals surface area contributed by atoms with E-state index in [-0.39, 0.29) is 10.6 Å². The van der Waals surface area contributed by atoms with Crippen molar-refractivity contribution in [3.05, 3.63) is 24.0 Å². The molecule has 0 unspecified atom stereocenters. The Kier molecular flexibility index (Phi) is 4.19. The van der Waals surface area contributed by atoms with Crippen molar-refractivity contribution in [1.29, 1.82) is 0 Å². The number of benzene rings is 1. The number of hydrogen-bond donors (Lipinski definition) is 2. The van der Waals surface area contributed by atoms with Crippen LogP contribution in [0.1, 0.15) is 20.8 Å². The summed E-state index contributed by atoms with van der Waals surface area (Å²) in [6.07, 6.45) is 0.